The molecule has 2 aromatic carbocycles. The summed E-state index contributed by atoms with van der Waals surface area (Å²) >= 11 is 0. The molecule has 0 atom stereocenters. The Balaban J connectivity index is 2.22. The molecule has 0 bridgehead atoms. The predicted molar refractivity (Wildman–Crippen MR) is 101 cm³/mol. The molecule has 0 N–H and O–H groups in total. The third kappa shape index (κ3) is 5.23. The molecular formula is C21H24O6. The van der Waals surface area contributed by atoms with Crippen LogP contribution in [-0.4, -0.2) is 32.8 Å². The molecule has 6 nitrogen and oxygen atoms in total. The standard InChI is InChI=1S/C21H24O6/c1-4-5-8-14-26-20(22)15-10-6-7-11-16(15)21(23)27-19-17(24-2)12-9-13-18(19)25-3/h6-7,9-13H,4-5,8,14H2,1-3H3. The summed E-state index contributed by atoms with van der Waals surface area (Å²) in [7, 11) is 2.93. The first-order chi connectivity index (χ1) is 13.1. The molecule has 0 spiro atoms. The molecule has 0 aliphatic carbocycles. The summed E-state index contributed by atoms with van der Waals surface area (Å²) in [6, 6.07) is 11.4. The number of benzene rings is 2. The molecule has 0 radical (unpaired) electrons. The van der Waals surface area contributed by atoms with Gasteiger partial charge < -0.3 is 18.9 Å². The van der Waals surface area contributed by atoms with Gasteiger partial charge in [0.2, 0.25) is 5.75 Å². The minimum Gasteiger partial charge on any atom is -0.493 e. The van der Waals surface area contributed by atoms with Crippen molar-refractivity contribution >= 4 is 11.9 Å². The molecule has 0 amide bonds. The number of carbonyl (C=O) groups is 2. The molecule has 0 unspecified atom stereocenters. The average molecular weight is 372 g/mol. The van der Waals surface area contributed by atoms with E-state index >= 15 is 0 Å². The topological polar surface area (TPSA) is 71.1 Å². The van der Waals surface area contributed by atoms with E-state index in [1.807, 2.05) is 0 Å². The van der Waals surface area contributed by atoms with Crippen molar-refractivity contribution < 1.29 is 28.5 Å². The summed E-state index contributed by atoms with van der Waals surface area (Å²) in [6.07, 6.45) is 2.79. The smallest absolute Gasteiger partial charge is 0.344 e. The Morgan fingerprint density at radius 2 is 1.41 bits per heavy atom. The number of ether oxygens (including phenoxy) is 4. The average Bonchev–Trinajstić information content (AvgIpc) is 2.71. The second-order valence-corrected chi connectivity index (χ2v) is 5.77. The lowest BCUT2D eigenvalue weighted by molar-refractivity contribution is 0.0489. The lowest BCUT2D eigenvalue weighted by atomic mass is 10.1. The van der Waals surface area contributed by atoms with Gasteiger partial charge in [-0.25, -0.2) is 9.59 Å². The third-order valence-corrected chi connectivity index (χ3v) is 3.93. The van der Waals surface area contributed by atoms with E-state index in [4.69, 9.17) is 18.9 Å². The van der Waals surface area contributed by atoms with E-state index in [0.717, 1.165) is 19.3 Å². The lowest BCUT2D eigenvalue weighted by Crippen LogP contribution is -2.16. The zero-order valence-electron chi connectivity index (χ0n) is 15.8. The SMILES string of the molecule is CCCCCOC(=O)c1ccccc1C(=O)Oc1c(OC)cccc1OC. The molecule has 0 heterocycles. The van der Waals surface area contributed by atoms with Gasteiger partial charge in [0.1, 0.15) is 0 Å². The summed E-state index contributed by atoms with van der Waals surface area (Å²) in [5, 5.41) is 0. The van der Waals surface area contributed by atoms with Crippen LogP contribution in [0.25, 0.3) is 0 Å². The number of rotatable bonds is 9. The quantitative estimate of drug-likeness (QED) is 0.372. The van der Waals surface area contributed by atoms with Gasteiger partial charge in [-0.3, -0.25) is 0 Å². The number of unbranched alkanes of at least 4 members (excludes halogenated alkanes) is 2. The number of hydrogen-bond acceptors (Lipinski definition) is 6. The highest BCUT2D eigenvalue weighted by molar-refractivity contribution is 6.04. The van der Waals surface area contributed by atoms with Crippen LogP contribution in [0.15, 0.2) is 42.5 Å². The summed E-state index contributed by atoms with van der Waals surface area (Å²) in [5.41, 5.74) is 0.277. The summed E-state index contributed by atoms with van der Waals surface area (Å²) in [6.45, 7) is 2.38. The van der Waals surface area contributed by atoms with Crippen molar-refractivity contribution in [3.63, 3.8) is 0 Å². The van der Waals surface area contributed by atoms with Crippen LogP contribution in [-0.2, 0) is 4.74 Å². The maximum atomic E-state index is 12.7. The fourth-order valence-corrected chi connectivity index (χ4v) is 2.50. The zero-order valence-corrected chi connectivity index (χ0v) is 15.8. The van der Waals surface area contributed by atoms with E-state index < -0.39 is 11.9 Å². The van der Waals surface area contributed by atoms with E-state index in [-0.39, 0.29) is 16.9 Å². The maximum absolute atomic E-state index is 12.7. The predicted octanol–water partition coefficient (Wildman–Crippen LogP) is 4.27. The molecule has 0 aromatic heterocycles. The van der Waals surface area contributed by atoms with E-state index in [2.05, 4.69) is 6.92 Å². The zero-order chi connectivity index (χ0) is 19.6. The number of hydrogen-bond donors (Lipinski definition) is 0. The van der Waals surface area contributed by atoms with E-state index in [9.17, 15) is 9.59 Å². The second kappa shape index (κ2) is 10.2. The van der Waals surface area contributed by atoms with Gasteiger partial charge in [0.25, 0.3) is 0 Å². The van der Waals surface area contributed by atoms with Crippen molar-refractivity contribution in [3.05, 3.63) is 53.6 Å². The Kier molecular flexibility index (Phi) is 7.67. The molecule has 2 aromatic rings. The molecular weight excluding hydrogens is 348 g/mol. The minimum atomic E-state index is -0.695. The first kappa shape index (κ1) is 20.3. The number of carbonyl (C=O) groups excluding carboxylic acids is 2. The highest BCUT2D eigenvalue weighted by Crippen LogP contribution is 2.37. The summed E-state index contributed by atoms with van der Waals surface area (Å²) in [5.74, 6) is -0.396. The van der Waals surface area contributed by atoms with E-state index in [1.165, 1.54) is 26.4 Å². The van der Waals surface area contributed by atoms with Crippen LogP contribution in [0.4, 0.5) is 0 Å². The van der Waals surface area contributed by atoms with Crippen molar-refractivity contribution in [2.75, 3.05) is 20.8 Å². The van der Waals surface area contributed by atoms with Crippen molar-refractivity contribution in [1.82, 2.24) is 0 Å². The molecule has 144 valence electrons. The van der Waals surface area contributed by atoms with Gasteiger partial charge in [-0.05, 0) is 30.7 Å². The Labute approximate surface area is 159 Å². The third-order valence-electron chi connectivity index (χ3n) is 3.93. The molecule has 27 heavy (non-hydrogen) atoms. The molecule has 0 saturated carbocycles. The van der Waals surface area contributed by atoms with Crippen LogP contribution in [0.1, 0.15) is 46.9 Å². The number of para-hydroxylation sites is 1. The van der Waals surface area contributed by atoms with Gasteiger partial charge in [0, 0.05) is 0 Å². The Morgan fingerprint density at radius 1 is 0.815 bits per heavy atom. The monoisotopic (exact) mass is 372 g/mol. The van der Waals surface area contributed by atoms with Crippen LogP contribution in [0, 0.1) is 0 Å². The van der Waals surface area contributed by atoms with E-state index in [0.29, 0.717) is 18.1 Å². The van der Waals surface area contributed by atoms with Crippen LogP contribution in [0.2, 0.25) is 0 Å². The minimum absolute atomic E-state index is 0.117. The van der Waals surface area contributed by atoms with Crippen LogP contribution in [0.5, 0.6) is 17.2 Å². The van der Waals surface area contributed by atoms with E-state index in [1.54, 1.807) is 30.3 Å². The van der Waals surface area contributed by atoms with Gasteiger partial charge in [0.05, 0.1) is 32.0 Å². The van der Waals surface area contributed by atoms with Gasteiger partial charge in [0.15, 0.2) is 11.5 Å². The normalized spacial score (nSPS) is 10.2. The highest BCUT2D eigenvalue weighted by Gasteiger charge is 2.22. The van der Waals surface area contributed by atoms with Crippen LogP contribution >= 0.6 is 0 Å². The lowest BCUT2D eigenvalue weighted by Gasteiger charge is -2.14. The second-order valence-electron chi connectivity index (χ2n) is 5.77. The van der Waals surface area contributed by atoms with Crippen LogP contribution < -0.4 is 14.2 Å². The fourth-order valence-electron chi connectivity index (χ4n) is 2.50. The Morgan fingerprint density at radius 3 is 1.96 bits per heavy atom. The van der Waals surface area contributed by atoms with Crippen molar-refractivity contribution in [2.24, 2.45) is 0 Å². The van der Waals surface area contributed by atoms with Crippen LogP contribution in [0.3, 0.4) is 0 Å². The van der Waals surface area contributed by atoms with Gasteiger partial charge in [-0.15, -0.1) is 0 Å². The van der Waals surface area contributed by atoms with Gasteiger partial charge in [-0.2, -0.15) is 0 Å². The summed E-state index contributed by atoms with van der Waals surface area (Å²) < 4.78 is 21.2. The first-order valence-corrected chi connectivity index (χ1v) is 8.81. The highest BCUT2D eigenvalue weighted by atomic mass is 16.6. The van der Waals surface area contributed by atoms with Crippen molar-refractivity contribution in [1.29, 1.82) is 0 Å². The number of esters is 2. The molecule has 6 heteroatoms. The fraction of sp³-hybridized carbons (Fsp3) is 0.333. The van der Waals surface area contributed by atoms with Gasteiger partial charge in [-0.1, -0.05) is 38.0 Å². The van der Waals surface area contributed by atoms with Gasteiger partial charge >= 0.3 is 11.9 Å². The molecule has 0 saturated heterocycles. The number of methoxy groups -OCH3 is 2. The Bertz CT molecular complexity index is 762. The Hall–Kier alpha value is -3.02. The largest absolute Gasteiger partial charge is 0.493 e. The van der Waals surface area contributed by atoms with Crippen molar-refractivity contribution in [3.8, 4) is 17.2 Å². The molecule has 2 rings (SSSR count). The molecule has 0 aliphatic heterocycles. The molecule has 0 aliphatic rings. The summed E-state index contributed by atoms with van der Waals surface area (Å²) in [4.78, 5) is 25.1. The molecule has 0 fully saturated rings. The maximum Gasteiger partial charge on any atom is 0.344 e. The first-order valence-electron chi connectivity index (χ1n) is 8.81. The van der Waals surface area contributed by atoms with Crippen molar-refractivity contribution in [2.45, 2.75) is 26.2 Å².